The Kier molecular flexibility index (Phi) is 6.83. The molecule has 0 aliphatic heterocycles. The molecule has 0 atom stereocenters. The number of fused-ring (bicyclic) bond motifs is 1. The van der Waals surface area contributed by atoms with Crippen LogP contribution in [-0.4, -0.2) is 30.3 Å². The van der Waals surface area contributed by atoms with Crippen LogP contribution in [0.15, 0.2) is 98.1 Å². The van der Waals surface area contributed by atoms with Crippen molar-refractivity contribution < 1.29 is 22.0 Å². The number of nitrogens with zero attached hydrogens (tertiary/aromatic N) is 3. The number of aromatic nitrogens is 2. The molecule has 196 valence electrons. The molecule has 0 aliphatic carbocycles. The zero-order chi connectivity index (χ0) is 27.7. The molecule has 39 heavy (non-hydrogen) atoms. The highest BCUT2D eigenvalue weighted by molar-refractivity contribution is 7.89. The van der Waals surface area contributed by atoms with Crippen LogP contribution in [0, 0.1) is 5.82 Å². The van der Waals surface area contributed by atoms with E-state index in [1.165, 1.54) is 59.3 Å². The zero-order valence-corrected chi connectivity index (χ0v) is 21.3. The summed E-state index contributed by atoms with van der Waals surface area (Å²) >= 11 is 6.34. The number of nitrogens with one attached hydrogen (secondary N) is 1. The Morgan fingerprint density at radius 1 is 1.08 bits per heavy atom. The predicted octanol–water partition coefficient (Wildman–Crippen LogP) is 3.85. The summed E-state index contributed by atoms with van der Waals surface area (Å²) < 4.78 is 43.4. The second kappa shape index (κ2) is 10.3. The highest BCUT2D eigenvalue weighted by atomic mass is 35.5. The smallest absolute Gasteiger partial charge is 0.346 e. The van der Waals surface area contributed by atoms with Crippen LogP contribution in [0.5, 0.6) is 0 Å². The fraction of sp³-hybridized carbons (Fsp3) is 0. The Morgan fingerprint density at radius 3 is 2.46 bits per heavy atom. The van der Waals surface area contributed by atoms with Crippen LogP contribution < -0.4 is 16.2 Å². The van der Waals surface area contributed by atoms with Crippen LogP contribution in [-0.2, 0) is 10.0 Å². The number of hydrogen-bond acceptors (Lipinski definition) is 7. The summed E-state index contributed by atoms with van der Waals surface area (Å²) in [6.07, 6.45) is 1.07. The van der Waals surface area contributed by atoms with Crippen molar-refractivity contribution in [3.63, 3.8) is 0 Å². The summed E-state index contributed by atoms with van der Waals surface area (Å²) in [6.45, 7) is 0. The van der Waals surface area contributed by atoms with E-state index in [1.807, 2.05) is 0 Å². The third-order valence-corrected chi connectivity index (χ3v) is 6.97. The average molecular weight is 566 g/mol. The Labute approximate surface area is 225 Å². The maximum absolute atomic E-state index is 13.5. The summed E-state index contributed by atoms with van der Waals surface area (Å²) in [5.74, 6) is -1.18. The minimum Gasteiger partial charge on any atom is -0.422 e. The van der Waals surface area contributed by atoms with Gasteiger partial charge >= 0.3 is 5.63 Å². The Balaban J connectivity index is 1.47. The van der Waals surface area contributed by atoms with Crippen LogP contribution in [0.2, 0.25) is 5.02 Å². The number of carbonyl (C=O) groups excluding carboxylic acids is 1. The topological polar surface area (TPSA) is 150 Å². The van der Waals surface area contributed by atoms with Gasteiger partial charge in [-0.1, -0.05) is 23.7 Å². The van der Waals surface area contributed by atoms with Gasteiger partial charge in [0.1, 0.15) is 11.4 Å². The monoisotopic (exact) mass is 565 g/mol. The molecule has 13 heteroatoms. The van der Waals surface area contributed by atoms with E-state index < -0.39 is 27.4 Å². The SMILES string of the molecule is NS(=O)(=O)c1ccc(-n2nc(C(=O)N/N=C/c3c(Cl)c4ccccc4oc3=O)cc2-c2ccc(F)cc2)cc1. The van der Waals surface area contributed by atoms with E-state index in [9.17, 15) is 22.4 Å². The number of primary sulfonamides is 1. The van der Waals surface area contributed by atoms with Crippen molar-refractivity contribution >= 4 is 44.7 Å². The van der Waals surface area contributed by atoms with Crippen molar-refractivity contribution in [3.8, 4) is 16.9 Å². The summed E-state index contributed by atoms with van der Waals surface area (Å²) in [4.78, 5) is 25.1. The number of hydrogen-bond donors (Lipinski definition) is 2. The number of benzene rings is 3. The normalized spacial score (nSPS) is 11.8. The number of rotatable bonds is 6. The average Bonchev–Trinajstić information content (AvgIpc) is 3.36. The van der Waals surface area contributed by atoms with E-state index in [0.717, 1.165) is 6.21 Å². The second-order valence-corrected chi connectivity index (χ2v) is 10.1. The molecular formula is C26H17ClFN5O5S. The molecule has 3 N–H and O–H groups in total. The largest absolute Gasteiger partial charge is 0.422 e. The standard InChI is InChI=1S/C26H17ClFN5O5S/c27-24-19-3-1-2-4-23(19)38-26(35)20(24)14-30-31-25(34)21-13-22(15-5-7-16(28)8-6-15)33(32-21)17-9-11-18(12-10-17)39(29,36)37/h1-14H,(H,31,34)(H2,29,36,37)/b30-14+. The van der Waals surface area contributed by atoms with Crippen LogP contribution in [0.4, 0.5) is 4.39 Å². The first-order chi connectivity index (χ1) is 18.6. The summed E-state index contributed by atoms with van der Waals surface area (Å²) in [7, 11) is -3.92. The van der Waals surface area contributed by atoms with Gasteiger partial charge in [-0.05, 0) is 66.7 Å². The van der Waals surface area contributed by atoms with Gasteiger partial charge in [0.2, 0.25) is 10.0 Å². The van der Waals surface area contributed by atoms with Crippen LogP contribution in [0.25, 0.3) is 27.9 Å². The fourth-order valence-corrected chi connectivity index (χ4v) is 4.54. The van der Waals surface area contributed by atoms with Crippen molar-refractivity contribution in [2.75, 3.05) is 0 Å². The van der Waals surface area contributed by atoms with E-state index in [0.29, 0.717) is 27.9 Å². The molecule has 0 saturated heterocycles. The van der Waals surface area contributed by atoms with Gasteiger partial charge in [-0.25, -0.2) is 32.8 Å². The number of para-hydroxylation sites is 1. The first-order valence-corrected chi connectivity index (χ1v) is 13.1. The van der Waals surface area contributed by atoms with Crippen molar-refractivity contribution in [2.45, 2.75) is 4.90 Å². The number of halogens is 2. The van der Waals surface area contributed by atoms with Crippen LogP contribution in [0.3, 0.4) is 0 Å². The Bertz CT molecular complexity index is 1920. The van der Waals surface area contributed by atoms with Gasteiger partial charge in [0, 0.05) is 10.9 Å². The molecule has 10 nitrogen and oxygen atoms in total. The minimum absolute atomic E-state index is 0.0526. The van der Waals surface area contributed by atoms with Crippen molar-refractivity contribution in [1.29, 1.82) is 0 Å². The molecule has 2 aromatic heterocycles. The molecule has 0 bridgehead atoms. The number of hydrazone groups is 1. The highest BCUT2D eigenvalue weighted by Crippen LogP contribution is 2.26. The van der Waals surface area contributed by atoms with Crippen LogP contribution >= 0.6 is 11.6 Å². The summed E-state index contributed by atoms with van der Waals surface area (Å²) in [6, 6.07) is 19.2. The van der Waals surface area contributed by atoms with Crippen LogP contribution in [0.1, 0.15) is 16.1 Å². The van der Waals surface area contributed by atoms with E-state index in [2.05, 4.69) is 15.6 Å². The minimum atomic E-state index is -3.92. The van der Waals surface area contributed by atoms with Gasteiger partial charge in [-0.3, -0.25) is 4.79 Å². The number of sulfonamides is 1. The quantitative estimate of drug-likeness (QED) is 0.181. The molecule has 5 rings (SSSR count). The van der Waals surface area contributed by atoms with Crippen molar-refractivity contribution in [2.24, 2.45) is 10.2 Å². The molecule has 5 aromatic rings. The molecule has 0 saturated carbocycles. The molecular weight excluding hydrogens is 549 g/mol. The fourth-order valence-electron chi connectivity index (χ4n) is 3.74. The van der Waals surface area contributed by atoms with Crippen molar-refractivity contribution in [3.05, 3.63) is 111 Å². The van der Waals surface area contributed by atoms with Gasteiger partial charge in [0.05, 0.1) is 33.1 Å². The summed E-state index contributed by atoms with van der Waals surface area (Å²) in [5.41, 5.74) is 3.09. The van der Waals surface area contributed by atoms with E-state index in [4.69, 9.17) is 21.2 Å². The Morgan fingerprint density at radius 2 is 1.77 bits per heavy atom. The lowest BCUT2D eigenvalue weighted by molar-refractivity contribution is 0.0949. The van der Waals surface area contributed by atoms with Gasteiger partial charge < -0.3 is 4.42 Å². The third-order valence-electron chi connectivity index (χ3n) is 5.63. The molecule has 0 aliphatic rings. The lowest BCUT2D eigenvalue weighted by Gasteiger charge is -2.08. The maximum atomic E-state index is 13.5. The van der Waals surface area contributed by atoms with Gasteiger partial charge in [0.15, 0.2) is 5.69 Å². The highest BCUT2D eigenvalue weighted by Gasteiger charge is 2.18. The molecule has 0 fully saturated rings. The van der Waals surface area contributed by atoms with E-state index >= 15 is 0 Å². The molecule has 2 heterocycles. The molecule has 0 spiro atoms. The number of amides is 1. The lowest BCUT2D eigenvalue weighted by Crippen LogP contribution is -2.19. The first-order valence-electron chi connectivity index (χ1n) is 11.2. The second-order valence-electron chi connectivity index (χ2n) is 8.18. The molecule has 0 unspecified atom stereocenters. The molecule has 0 radical (unpaired) electrons. The van der Waals surface area contributed by atoms with E-state index in [-0.39, 0.29) is 21.2 Å². The van der Waals surface area contributed by atoms with Gasteiger partial charge in [-0.2, -0.15) is 10.2 Å². The third kappa shape index (κ3) is 5.34. The van der Waals surface area contributed by atoms with Gasteiger partial charge in [-0.15, -0.1) is 0 Å². The lowest BCUT2D eigenvalue weighted by atomic mass is 10.1. The first kappa shape index (κ1) is 26.0. The number of nitrogens with two attached hydrogens (primary N) is 1. The zero-order valence-electron chi connectivity index (χ0n) is 19.7. The summed E-state index contributed by atoms with van der Waals surface area (Å²) in [5, 5.41) is 13.9. The Hall–Kier alpha value is -4.65. The number of carbonyl (C=O) groups is 1. The maximum Gasteiger partial charge on any atom is 0.346 e. The molecule has 3 aromatic carbocycles. The van der Waals surface area contributed by atoms with E-state index in [1.54, 1.807) is 24.3 Å². The van der Waals surface area contributed by atoms with Crippen molar-refractivity contribution in [1.82, 2.24) is 15.2 Å². The van der Waals surface area contributed by atoms with Gasteiger partial charge in [0.25, 0.3) is 5.91 Å². The predicted molar refractivity (Wildman–Crippen MR) is 143 cm³/mol. The molecule has 1 amide bonds.